The van der Waals surface area contributed by atoms with E-state index in [1.807, 2.05) is 30.9 Å². The lowest BCUT2D eigenvalue weighted by atomic mass is 10.0. The molecular formula is C17H17N5O2. The van der Waals surface area contributed by atoms with Crippen LogP contribution in [-0.4, -0.2) is 32.5 Å². The number of rotatable bonds is 3. The minimum Gasteiger partial charge on any atom is -0.371 e. The van der Waals surface area contributed by atoms with Crippen LogP contribution in [0.2, 0.25) is 0 Å². The molecule has 0 atom stereocenters. The Labute approximate surface area is 138 Å². The van der Waals surface area contributed by atoms with Gasteiger partial charge in [0.05, 0.1) is 16.6 Å². The van der Waals surface area contributed by atoms with E-state index >= 15 is 0 Å². The minimum atomic E-state index is -0.348. The van der Waals surface area contributed by atoms with Crippen LogP contribution in [0.5, 0.6) is 0 Å². The molecule has 0 radical (unpaired) electrons. The number of fused-ring (bicyclic) bond motifs is 1. The summed E-state index contributed by atoms with van der Waals surface area (Å²) in [6, 6.07) is 5.77. The van der Waals surface area contributed by atoms with E-state index in [-0.39, 0.29) is 10.6 Å². The van der Waals surface area contributed by atoms with Gasteiger partial charge in [-0.05, 0) is 25.0 Å². The summed E-state index contributed by atoms with van der Waals surface area (Å²) in [5, 5.41) is 12.7. The lowest BCUT2D eigenvalue weighted by Gasteiger charge is -2.34. The molecule has 0 N–H and O–H groups in total. The predicted molar refractivity (Wildman–Crippen MR) is 91.1 cm³/mol. The summed E-state index contributed by atoms with van der Waals surface area (Å²) in [6.45, 7) is 1.83. The third-order valence-corrected chi connectivity index (χ3v) is 4.72. The van der Waals surface area contributed by atoms with Gasteiger partial charge in [-0.3, -0.25) is 15.1 Å². The third kappa shape index (κ3) is 2.47. The van der Waals surface area contributed by atoms with Crippen LogP contribution >= 0.6 is 0 Å². The first-order valence-corrected chi connectivity index (χ1v) is 7.97. The molecule has 1 aromatic carbocycles. The maximum atomic E-state index is 11.2. The number of nitro groups is 1. The Morgan fingerprint density at radius 2 is 1.92 bits per heavy atom. The van der Waals surface area contributed by atoms with E-state index in [2.05, 4.69) is 19.4 Å². The van der Waals surface area contributed by atoms with Crippen LogP contribution in [0.1, 0.15) is 18.9 Å². The van der Waals surface area contributed by atoms with Crippen molar-refractivity contribution in [2.24, 2.45) is 0 Å². The van der Waals surface area contributed by atoms with Crippen molar-refractivity contribution in [1.29, 1.82) is 0 Å². The fraction of sp³-hybridized carbons (Fsp3) is 0.294. The Balaban J connectivity index is 1.64. The highest BCUT2D eigenvalue weighted by Crippen LogP contribution is 2.35. The molecule has 1 saturated heterocycles. The number of benzene rings is 1. The summed E-state index contributed by atoms with van der Waals surface area (Å²) >= 11 is 0. The zero-order chi connectivity index (χ0) is 16.5. The first-order chi connectivity index (χ1) is 11.7. The average molecular weight is 323 g/mol. The molecule has 0 bridgehead atoms. The Kier molecular flexibility index (Phi) is 3.60. The standard InChI is InChI=1S/C17H17N5O2/c23-22(24)17-2-1-16(14-3-6-18-11-15(14)17)20-8-4-13(5-9-20)21-10-7-19-12-21/h1-3,6-7,10-13H,4-5,8-9H2. The van der Waals surface area contributed by atoms with Gasteiger partial charge >= 0.3 is 0 Å². The molecule has 7 heteroatoms. The zero-order valence-electron chi connectivity index (χ0n) is 13.1. The SMILES string of the molecule is O=[N+]([O-])c1ccc(N2CCC(n3ccnc3)CC2)c2ccncc12. The molecule has 2 aromatic heterocycles. The van der Waals surface area contributed by atoms with Crippen LogP contribution in [0.25, 0.3) is 10.8 Å². The van der Waals surface area contributed by atoms with Gasteiger partial charge in [0.1, 0.15) is 0 Å². The fourth-order valence-corrected chi connectivity index (χ4v) is 3.48. The number of non-ortho nitro benzene ring substituents is 1. The topological polar surface area (TPSA) is 77.1 Å². The number of nitro benzene ring substituents is 1. The van der Waals surface area contributed by atoms with E-state index in [4.69, 9.17) is 0 Å². The van der Waals surface area contributed by atoms with Crippen molar-refractivity contribution in [1.82, 2.24) is 14.5 Å². The number of imidazole rings is 1. The summed E-state index contributed by atoms with van der Waals surface area (Å²) in [7, 11) is 0. The average Bonchev–Trinajstić information content (AvgIpc) is 3.15. The number of nitrogens with zero attached hydrogens (tertiary/aromatic N) is 5. The molecule has 7 nitrogen and oxygen atoms in total. The molecule has 4 rings (SSSR count). The zero-order valence-corrected chi connectivity index (χ0v) is 13.1. The molecule has 122 valence electrons. The molecule has 1 aliphatic heterocycles. The summed E-state index contributed by atoms with van der Waals surface area (Å²) in [5.41, 5.74) is 1.15. The smallest absolute Gasteiger partial charge is 0.278 e. The molecule has 1 aliphatic rings. The van der Waals surface area contributed by atoms with Crippen molar-refractivity contribution in [2.45, 2.75) is 18.9 Å². The fourth-order valence-electron chi connectivity index (χ4n) is 3.48. The van der Waals surface area contributed by atoms with Crippen LogP contribution in [0.4, 0.5) is 11.4 Å². The minimum absolute atomic E-state index is 0.107. The number of pyridine rings is 1. The van der Waals surface area contributed by atoms with Gasteiger partial charge in [-0.1, -0.05) is 0 Å². The van der Waals surface area contributed by atoms with E-state index in [0.29, 0.717) is 11.4 Å². The van der Waals surface area contributed by atoms with E-state index < -0.39 is 0 Å². The van der Waals surface area contributed by atoms with Crippen molar-refractivity contribution in [3.63, 3.8) is 0 Å². The van der Waals surface area contributed by atoms with Crippen LogP contribution in [0, 0.1) is 10.1 Å². The Morgan fingerprint density at radius 3 is 2.62 bits per heavy atom. The van der Waals surface area contributed by atoms with E-state index in [1.54, 1.807) is 18.5 Å². The Bertz CT molecular complexity index is 870. The number of anilines is 1. The summed E-state index contributed by atoms with van der Waals surface area (Å²) in [5.74, 6) is 0. The first-order valence-electron chi connectivity index (χ1n) is 7.97. The highest BCUT2D eigenvalue weighted by atomic mass is 16.6. The van der Waals surface area contributed by atoms with Gasteiger partial charge < -0.3 is 9.47 Å². The second-order valence-corrected chi connectivity index (χ2v) is 6.01. The first kappa shape index (κ1) is 14.6. The molecular weight excluding hydrogens is 306 g/mol. The molecule has 0 aliphatic carbocycles. The molecule has 3 aromatic rings. The molecule has 1 fully saturated rings. The van der Waals surface area contributed by atoms with E-state index in [1.165, 1.54) is 0 Å². The molecule has 0 saturated carbocycles. The monoisotopic (exact) mass is 323 g/mol. The Morgan fingerprint density at radius 1 is 1.08 bits per heavy atom. The molecule has 0 amide bonds. The summed E-state index contributed by atoms with van der Waals surface area (Å²) < 4.78 is 2.16. The summed E-state index contributed by atoms with van der Waals surface area (Å²) in [6.07, 6.45) is 11.0. The maximum Gasteiger partial charge on any atom is 0.278 e. The van der Waals surface area contributed by atoms with Gasteiger partial charge in [-0.15, -0.1) is 0 Å². The lowest BCUT2D eigenvalue weighted by Crippen LogP contribution is -2.34. The third-order valence-electron chi connectivity index (χ3n) is 4.72. The Hall–Kier alpha value is -2.96. The normalized spacial score (nSPS) is 15.8. The van der Waals surface area contributed by atoms with Crippen molar-refractivity contribution < 1.29 is 4.92 Å². The second-order valence-electron chi connectivity index (χ2n) is 6.01. The van der Waals surface area contributed by atoms with Crippen LogP contribution in [-0.2, 0) is 0 Å². The molecule has 0 unspecified atom stereocenters. The van der Waals surface area contributed by atoms with E-state index in [9.17, 15) is 10.1 Å². The van der Waals surface area contributed by atoms with Crippen molar-refractivity contribution in [2.75, 3.05) is 18.0 Å². The van der Waals surface area contributed by atoms with Gasteiger partial charge in [0.2, 0.25) is 0 Å². The predicted octanol–water partition coefficient (Wildman–Crippen LogP) is 3.18. The largest absolute Gasteiger partial charge is 0.371 e. The van der Waals surface area contributed by atoms with Crippen LogP contribution < -0.4 is 4.90 Å². The van der Waals surface area contributed by atoms with Gasteiger partial charge in [0.25, 0.3) is 5.69 Å². The number of piperidine rings is 1. The quantitative estimate of drug-likeness (QED) is 0.546. The van der Waals surface area contributed by atoms with Crippen LogP contribution in [0.15, 0.2) is 49.3 Å². The summed E-state index contributed by atoms with van der Waals surface area (Å²) in [4.78, 5) is 21.4. The molecule has 24 heavy (non-hydrogen) atoms. The van der Waals surface area contributed by atoms with Gasteiger partial charge in [0, 0.05) is 61.1 Å². The lowest BCUT2D eigenvalue weighted by molar-refractivity contribution is -0.383. The van der Waals surface area contributed by atoms with Crippen molar-refractivity contribution in [3.05, 3.63) is 59.4 Å². The van der Waals surface area contributed by atoms with Crippen molar-refractivity contribution >= 4 is 22.1 Å². The van der Waals surface area contributed by atoms with Crippen LogP contribution in [0.3, 0.4) is 0 Å². The van der Waals surface area contributed by atoms with Crippen molar-refractivity contribution in [3.8, 4) is 0 Å². The van der Waals surface area contributed by atoms with Gasteiger partial charge in [0.15, 0.2) is 0 Å². The maximum absolute atomic E-state index is 11.2. The van der Waals surface area contributed by atoms with Gasteiger partial charge in [-0.25, -0.2) is 4.98 Å². The van der Waals surface area contributed by atoms with E-state index in [0.717, 1.165) is 37.0 Å². The highest BCUT2D eigenvalue weighted by molar-refractivity contribution is 5.99. The second kappa shape index (κ2) is 5.92. The number of hydrogen-bond acceptors (Lipinski definition) is 5. The number of aromatic nitrogens is 3. The molecule has 3 heterocycles. The molecule has 0 spiro atoms. The van der Waals surface area contributed by atoms with Gasteiger partial charge in [-0.2, -0.15) is 0 Å². The number of hydrogen-bond donors (Lipinski definition) is 0. The highest BCUT2D eigenvalue weighted by Gasteiger charge is 2.23.